The van der Waals surface area contributed by atoms with Crippen molar-refractivity contribution in [3.63, 3.8) is 0 Å². The largest absolute Gasteiger partial charge is 0.496 e. The summed E-state index contributed by atoms with van der Waals surface area (Å²) in [5.74, 6) is 1.04. The monoisotopic (exact) mass is 446 g/mol. The summed E-state index contributed by atoms with van der Waals surface area (Å²) >= 11 is 3.45. The third-order valence-electron chi connectivity index (χ3n) is 4.67. The molecule has 0 atom stereocenters. The van der Waals surface area contributed by atoms with E-state index in [0.29, 0.717) is 17.3 Å². The van der Waals surface area contributed by atoms with Crippen molar-refractivity contribution in [1.29, 1.82) is 0 Å². The first kappa shape index (κ1) is 19.2. The molecule has 3 aromatic rings. The molecule has 0 aromatic heterocycles. The predicted octanol–water partition coefficient (Wildman–Crippen LogP) is 5.60. The van der Waals surface area contributed by atoms with E-state index in [0.717, 1.165) is 21.3 Å². The number of hydrogen-bond donors (Lipinski definition) is 0. The van der Waals surface area contributed by atoms with Crippen LogP contribution in [0.5, 0.6) is 5.75 Å². The van der Waals surface area contributed by atoms with Crippen molar-refractivity contribution < 1.29 is 9.53 Å². The number of nitrogens with zero attached hydrogens (tertiary/aromatic N) is 2. The van der Waals surface area contributed by atoms with Crippen LogP contribution in [-0.2, 0) is 4.79 Å². The van der Waals surface area contributed by atoms with Crippen LogP contribution in [0.15, 0.2) is 88.0 Å². The van der Waals surface area contributed by atoms with Gasteiger partial charge in [-0.15, -0.1) is 0 Å². The van der Waals surface area contributed by atoms with Crippen LogP contribution < -0.4 is 9.64 Å². The fourth-order valence-corrected chi connectivity index (χ4v) is 3.44. The minimum Gasteiger partial charge on any atom is -0.496 e. The second-order valence-corrected chi connectivity index (χ2v) is 7.61. The van der Waals surface area contributed by atoms with Gasteiger partial charge in [-0.1, -0.05) is 57.9 Å². The van der Waals surface area contributed by atoms with Crippen LogP contribution >= 0.6 is 15.9 Å². The van der Waals surface area contributed by atoms with Crippen LogP contribution in [0.3, 0.4) is 0 Å². The highest BCUT2D eigenvalue weighted by atomic mass is 79.9. The van der Waals surface area contributed by atoms with Gasteiger partial charge in [0.2, 0.25) is 0 Å². The van der Waals surface area contributed by atoms with Crippen LogP contribution in [0.25, 0.3) is 6.08 Å². The van der Waals surface area contributed by atoms with Gasteiger partial charge < -0.3 is 4.74 Å². The van der Waals surface area contributed by atoms with Crippen LogP contribution in [0.2, 0.25) is 0 Å². The smallest absolute Gasteiger partial charge is 0.282 e. The predicted molar refractivity (Wildman–Crippen MR) is 120 cm³/mol. The average Bonchev–Trinajstić information content (AvgIpc) is 3.06. The Kier molecular flexibility index (Phi) is 5.32. The first-order valence-corrected chi connectivity index (χ1v) is 9.96. The van der Waals surface area contributed by atoms with Gasteiger partial charge in [-0.3, -0.25) is 9.69 Å². The summed E-state index contributed by atoms with van der Waals surface area (Å²) in [5.41, 5.74) is 3.99. The first-order chi connectivity index (χ1) is 14.1. The number of anilines is 1. The second-order valence-electron chi connectivity index (χ2n) is 6.69. The van der Waals surface area contributed by atoms with E-state index in [1.54, 1.807) is 12.0 Å². The van der Waals surface area contributed by atoms with Gasteiger partial charge in [0.1, 0.15) is 11.4 Å². The minimum atomic E-state index is -0.172. The van der Waals surface area contributed by atoms with Crippen molar-refractivity contribution in [3.8, 4) is 5.75 Å². The van der Waals surface area contributed by atoms with Gasteiger partial charge in [0, 0.05) is 4.47 Å². The first-order valence-electron chi connectivity index (χ1n) is 9.17. The van der Waals surface area contributed by atoms with E-state index in [-0.39, 0.29) is 5.91 Å². The van der Waals surface area contributed by atoms with Crippen molar-refractivity contribution in [2.45, 2.75) is 6.92 Å². The van der Waals surface area contributed by atoms with Crippen LogP contribution in [0.4, 0.5) is 5.69 Å². The molecule has 0 saturated carbocycles. The molecule has 3 aromatic carbocycles. The van der Waals surface area contributed by atoms with Crippen molar-refractivity contribution in [2.75, 3.05) is 12.0 Å². The maximum Gasteiger partial charge on any atom is 0.282 e. The van der Waals surface area contributed by atoms with E-state index in [9.17, 15) is 4.79 Å². The molecule has 29 heavy (non-hydrogen) atoms. The Hall–Kier alpha value is -3.18. The number of halogens is 1. The molecule has 0 aliphatic carbocycles. The number of ether oxygens (including phenoxy) is 1. The standard InChI is InChI=1S/C24H19BrN2O2/c1-16-7-9-17(10-8-16)15-21-24(28)27(19-13-11-18(25)12-14-19)23(26-21)20-5-3-4-6-22(20)29-2/h3-15H,1-2H3/b21-15+. The Bertz CT molecular complexity index is 1120. The van der Waals surface area contributed by atoms with Gasteiger partial charge in [0.25, 0.3) is 5.91 Å². The highest BCUT2D eigenvalue weighted by molar-refractivity contribution is 9.10. The molecule has 0 radical (unpaired) electrons. The van der Waals surface area contributed by atoms with Crippen molar-refractivity contribution in [1.82, 2.24) is 0 Å². The lowest BCUT2D eigenvalue weighted by molar-refractivity contribution is -0.113. The number of benzene rings is 3. The Morgan fingerprint density at radius 2 is 1.66 bits per heavy atom. The maximum atomic E-state index is 13.3. The normalized spacial score (nSPS) is 15.0. The summed E-state index contributed by atoms with van der Waals surface area (Å²) in [5, 5.41) is 0. The van der Waals surface area contributed by atoms with Crippen LogP contribution in [-0.4, -0.2) is 18.9 Å². The van der Waals surface area contributed by atoms with E-state index < -0.39 is 0 Å². The van der Waals surface area contributed by atoms with Gasteiger partial charge in [-0.25, -0.2) is 4.99 Å². The van der Waals surface area contributed by atoms with Gasteiger partial charge in [0.15, 0.2) is 5.84 Å². The minimum absolute atomic E-state index is 0.172. The zero-order chi connectivity index (χ0) is 20.4. The lowest BCUT2D eigenvalue weighted by Crippen LogP contribution is -2.32. The highest BCUT2D eigenvalue weighted by Crippen LogP contribution is 2.31. The molecule has 0 spiro atoms. The quantitative estimate of drug-likeness (QED) is 0.489. The number of aliphatic imine (C=N–C) groups is 1. The van der Waals surface area contributed by atoms with E-state index in [1.165, 1.54) is 5.56 Å². The molecular weight excluding hydrogens is 428 g/mol. The number of carbonyl (C=O) groups excluding carboxylic acids is 1. The molecule has 4 nitrogen and oxygen atoms in total. The Morgan fingerprint density at radius 1 is 0.966 bits per heavy atom. The topological polar surface area (TPSA) is 41.9 Å². The van der Waals surface area contributed by atoms with E-state index in [1.807, 2.05) is 85.8 Å². The lowest BCUT2D eigenvalue weighted by atomic mass is 10.1. The Morgan fingerprint density at radius 3 is 2.34 bits per heavy atom. The molecule has 0 unspecified atom stereocenters. The van der Waals surface area contributed by atoms with Crippen molar-refractivity contribution >= 4 is 39.4 Å². The third-order valence-corrected chi connectivity index (χ3v) is 5.20. The van der Waals surface area contributed by atoms with Gasteiger partial charge in [0.05, 0.1) is 18.4 Å². The van der Waals surface area contributed by atoms with Crippen molar-refractivity contribution in [3.05, 3.63) is 99.7 Å². The molecule has 5 heteroatoms. The molecule has 1 amide bonds. The SMILES string of the molecule is COc1ccccc1C1=N/C(=C/c2ccc(C)cc2)C(=O)N1c1ccc(Br)cc1. The van der Waals surface area contributed by atoms with Gasteiger partial charge in [-0.05, 0) is 55.0 Å². The Balaban J connectivity index is 1.85. The van der Waals surface area contributed by atoms with E-state index in [2.05, 4.69) is 15.9 Å². The number of para-hydroxylation sites is 1. The molecule has 0 fully saturated rings. The Labute approximate surface area is 178 Å². The third kappa shape index (κ3) is 3.87. The summed E-state index contributed by atoms with van der Waals surface area (Å²) in [6.07, 6.45) is 1.82. The number of amides is 1. The van der Waals surface area contributed by atoms with Crippen LogP contribution in [0, 0.1) is 6.92 Å². The molecular formula is C24H19BrN2O2. The fourth-order valence-electron chi connectivity index (χ4n) is 3.18. The number of hydrogen-bond acceptors (Lipinski definition) is 3. The number of carbonyl (C=O) groups is 1. The summed E-state index contributed by atoms with van der Waals surface area (Å²) in [7, 11) is 1.61. The molecule has 0 saturated heterocycles. The van der Waals surface area contributed by atoms with Gasteiger partial charge >= 0.3 is 0 Å². The number of aryl methyl sites for hydroxylation is 1. The summed E-state index contributed by atoms with van der Waals surface area (Å²) < 4.78 is 6.46. The molecule has 4 rings (SSSR count). The van der Waals surface area contributed by atoms with Crippen molar-refractivity contribution in [2.24, 2.45) is 4.99 Å². The van der Waals surface area contributed by atoms with E-state index in [4.69, 9.17) is 9.73 Å². The zero-order valence-corrected chi connectivity index (χ0v) is 17.7. The summed E-state index contributed by atoms with van der Waals surface area (Å²) in [4.78, 5) is 19.7. The summed E-state index contributed by atoms with van der Waals surface area (Å²) in [6, 6.07) is 23.2. The molecule has 1 aliphatic heterocycles. The van der Waals surface area contributed by atoms with Crippen LogP contribution in [0.1, 0.15) is 16.7 Å². The van der Waals surface area contributed by atoms with Gasteiger partial charge in [-0.2, -0.15) is 0 Å². The average molecular weight is 447 g/mol. The molecule has 0 bridgehead atoms. The second kappa shape index (κ2) is 8.05. The molecule has 0 N–H and O–H groups in total. The number of methoxy groups -OCH3 is 1. The molecule has 1 heterocycles. The molecule has 144 valence electrons. The number of amidine groups is 1. The summed E-state index contributed by atoms with van der Waals surface area (Å²) in [6.45, 7) is 2.03. The maximum absolute atomic E-state index is 13.3. The fraction of sp³-hybridized carbons (Fsp3) is 0.0833. The zero-order valence-electron chi connectivity index (χ0n) is 16.1. The molecule has 1 aliphatic rings. The lowest BCUT2D eigenvalue weighted by Gasteiger charge is -2.20. The highest BCUT2D eigenvalue weighted by Gasteiger charge is 2.33. The van der Waals surface area contributed by atoms with E-state index >= 15 is 0 Å². The number of rotatable bonds is 4.